The Morgan fingerprint density at radius 2 is 1.92 bits per heavy atom. The van der Waals surface area contributed by atoms with Gasteiger partial charge in [0.25, 0.3) is 0 Å². The smallest absolute Gasteiger partial charge is 0.342 e. The van der Waals surface area contributed by atoms with Gasteiger partial charge < -0.3 is 19.4 Å². The Bertz CT molecular complexity index is 747. The van der Waals surface area contributed by atoms with Crippen LogP contribution in [0.5, 0.6) is 11.5 Å². The number of hydrogen-bond donors (Lipinski definition) is 1. The average molecular weight is 358 g/mol. The maximum absolute atomic E-state index is 12.5. The Labute approximate surface area is 152 Å². The van der Waals surface area contributed by atoms with E-state index in [0.29, 0.717) is 24.2 Å². The van der Waals surface area contributed by atoms with Gasteiger partial charge in [0, 0.05) is 24.8 Å². The number of carbonyl (C=O) groups excluding carboxylic acids is 3. The molecule has 0 saturated carbocycles. The number of carbonyl (C=O) groups is 3. The Morgan fingerprint density at radius 3 is 2.62 bits per heavy atom. The predicted octanol–water partition coefficient (Wildman–Crippen LogP) is 3.08. The summed E-state index contributed by atoms with van der Waals surface area (Å²) in [6, 6.07) is 2.94. The number of methoxy groups -OCH3 is 1. The molecule has 6 nitrogen and oxygen atoms in total. The van der Waals surface area contributed by atoms with Crippen molar-refractivity contribution in [2.75, 3.05) is 7.11 Å². The number of phenols is 1. The number of hydrogen-bond acceptors (Lipinski definition) is 6. The van der Waals surface area contributed by atoms with Crippen LogP contribution in [0.3, 0.4) is 0 Å². The fourth-order valence-corrected chi connectivity index (χ4v) is 2.66. The molecule has 1 aliphatic heterocycles. The molecule has 138 valence electrons. The summed E-state index contributed by atoms with van der Waals surface area (Å²) in [7, 11) is 1.45. The standard InChI is InChI=1S/C20H22O6/c1-13-5-3-8-16(22)9-14(12-21)6-4-7-15-10-17(25-2)11-18(23)19(15)20(24)26-13/h3-4,7-8,10-14,23H,5-6,9H2,1-2H3/b7-4+,8-3-/t13-,14?/m0/s1. The van der Waals surface area contributed by atoms with E-state index in [1.54, 1.807) is 31.2 Å². The lowest BCUT2D eigenvalue weighted by molar-refractivity contribution is -0.119. The SMILES string of the molecule is COc1cc(O)c2c(c1)/C=C/CC(C=O)CC(=O)/C=C\C[C@H](C)OC2=O. The molecule has 0 aromatic heterocycles. The van der Waals surface area contributed by atoms with Crippen molar-refractivity contribution in [1.29, 1.82) is 0 Å². The zero-order valence-corrected chi connectivity index (χ0v) is 14.8. The third-order valence-electron chi connectivity index (χ3n) is 4.03. The van der Waals surface area contributed by atoms with Crippen LogP contribution in [-0.4, -0.2) is 36.4 Å². The third-order valence-corrected chi connectivity index (χ3v) is 4.03. The first-order valence-corrected chi connectivity index (χ1v) is 8.37. The summed E-state index contributed by atoms with van der Waals surface area (Å²) < 4.78 is 10.5. The lowest BCUT2D eigenvalue weighted by atomic mass is 9.98. The van der Waals surface area contributed by atoms with E-state index in [2.05, 4.69) is 0 Å². The molecule has 1 aromatic carbocycles. The molecule has 0 aliphatic carbocycles. The van der Waals surface area contributed by atoms with Crippen molar-refractivity contribution in [2.24, 2.45) is 5.92 Å². The number of aromatic hydroxyl groups is 1. The zero-order valence-electron chi connectivity index (χ0n) is 14.8. The minimum absolute atomic E-state index is 0.0358. The van der Waals surface area contributed by atoms with Crippen molar-refractivity contribution < 1.29 is 29.0 Å². The molecule has 0 spiro atoms. The van der Waals surface area contributed by atoms with Gasteiger partial charge in [-0.1, -0.05) is 18.2 Å². The molecule has 6 heteroatoms. The number of cyclic esters (lactones) is 1. The topological polar surface area (TPSA) is 89.9 Å². The van der Waals surface area contributed by atoms with Gasteiger partial charge in [-0.2, -0.15) is 0 Å². The first-order chi connectivity index (χ1) is 12.4. The lowest BCUT2D eigenvalue weighted by Gasteiger charge is -2.15. The van der Waals surface area contributed by atoms with Gasteiger partial charge in [0.05, 0.1) is 7.11 Å². The molecule has 0 saturated heterocycles. The summed E-state index contributed by atoms with van der Waals surface area (Å²) in [6.45, 7) is 1.70. The maximum atomic E-state index is 12.5. The number of esters is 1. The number of ketones is 1. The quantitative estimate of drug-likeness (QED) is 0.645. The molecule has 1 unspecified atom stereocenters. The largest absolute Gasteiger partial charge is 0.507 e. The van der Waals surface area contributed by atoms with Gasteiger partial charge in [-0.3, -0.25) is 4.79 Å². The van der Waals surface area contributed by atoms with E-state index in [1.807, 2.05) is 0 Å². The Morgan fingerprint density at radius 1 is 1.19 bits per heavy atom. The molecule has 1 aromatic rings. The predicted molar refractivity (Wildman–Crippen MR) is 96.1 cm³/mol. The van der Waals surface area contributed by atoms with E-state index in [-0.39, 0.29) is 23.5 Å². The highest BCUT2D eigenvalue weighted by atomic mass is 16.5. The highest BCUT2D eigenvalue weighted by Crippen LogP contribution is 2.30. The van der Waals surface area contributed by atoms with E-state index in [4.69, 9.17) is 9.47 Å². The molecule has 0 radical (unpaired) electrons. The summed E-state index contributed by atoms with van der Waals surface area (Å²) in [6.07, 6.45) is 7.43. The Hall–Kier alpha value is -2.89. The molecular formula is C20H22O6. The number of allylic oxidation sites excluding steroid dienone is 2. The van der Waals surface area contributed by atoms with Crippen LogP contribution in [-0.2, 0) is 14.3 Å². The molecule has 1 aliphatic rings. The van der Waals surface area contributed by atoms with Crippen molar-refractivity contribution in [2.45, 2.75) is 32.3 Å². The van der Waals surface area contributed by atoms with Crippen molar-refractivity contribution in [3.05, 3.63) is 41.5 Å². The molecule has 26 heavy (non-hydrogen) atoms. The minimum Gasteiger partial charge on any atom is -0.507 e. The maximum Gasteiger partial charge on any atom is 0.342 e. The second-order valence-corrected chi connectivity index (χ2v) is 6.17. The summed E-state index contributed by atoms with van der Waals surface area (Å²) in [5.74, 6) is -1.12. The van der Waals surface area contributed by atoms with E-state index in [0.717, 1.165) is 6.29 Å². The van der Waals surface area contributed by atoms with Crippen molar-refractivity contribution in [1.82, 2.24) is 0 Å². The van der Waals surface area contributed by atoms with Gasteiger partial charge in [-0.25, -0.2) is 4.79 Å². The van der Waals surface area contributed by atoms with Crippen LogP contribution < -0.4 is 4.74 Å². The zero-order chi connectivity index (χ0) is 19.1. The summed E-state index contributed by atoms with van der Waals surface area (Å²) in [5.41, 5.74) is 0.455. The Balaban J connectivity index is 2.45. The third kappa shape index (κ3) is 5.05. The van der Waals surface area contributed by atoms with Crippen LogP contribution in [0.25, 0.3) is 6.08 Å². The normalized spacial score (nSPS) is 23.9. The molecule has 1 N–H and O–H groups in total. The van der Waals surface area contributed by atoms with Crippen LogP contribution in [0.4, 0.5) is 0 Å². The molecule has 1 heterocycles. The fourth-order valence-electron chi connectivity index (χ4n) is 2.66. The summed E-state index contributed by atoms with van der Waals surface area (Å²) in [4.78, 5) is 35.6. The number of phenolic OH excluding ortho intramolecular Hbond substituents is 1. The molecule has 2 atom stereocenters. The van der Waals surface area contributed by atoms with Crippen LogP contribution in [0, 0.1) is 5.92 Å². The number of aldehydes is 1. The van der Waals surface area contributed by atoms with Crippen LogP contribution in [0.2, 0.25) is 0 Å². The van der Waals surface area contributed by atoms with Gasteiger partial charge in [0.1, 0.15) is 29.5 Å². The molecular weight excluding hydrogens is 336 g/mol. The van der Waals surface area contributed by atoms with E-state index >= 15 is 0 Å². The van der Waals surface area contributed by atoms with Crippen LogP contribution in [0.15, 0.2) is 30.4 Å². The van der Waals surface area contributed by atoms with Gasteiger partial charge in [-0.15, -0.1) is 0 Å². The Kier molecular flexibility index (Phi) is 6.72. The first-order valence-electron chi connectivity index (χ1n) is 8.37. The summed E-state index contributed by atoms with van der Waals surface area (Å²) in [5, 5.41) is 10.2. The van der Waals surface area contributed by atoms with Crippen LogP contribution >= 0.6 is 0 Å². The van der Waals surface area contributed by atoms with Crippen molar-refractivity contribution >= 4 is 24.1 Å². The highest BCUT2D eigenvalue weighted by molar-refractivity contribution is 5.97. The number of ether oxygens (including phenoxy) is 2. The lowest BCUT2D eigenvalue weighted by Crippen LogP contribution is -2.16. The van der Waals surface area contributed by atoms with Gasteiger partial charge in [0.2, 0.25) is 0 Å². The first kappa shape index (κ1) is 19.4. The number of benzene rings is 1. The minimum atomic E-state index is -0.666. The fraction of sp³-hybridized carbons (Fsp3) is 0.350. The van der Waals surface area contributed by atoms with Crippen molar-refractivity contribution in [3.8, 4) is 11.5 Å². The second kappa shape index (κ2) is 8.99. The second-order valence-electron chi connectivity index (χ2n) is 6.17. The highest BCUT2D eigenvalue weighted by Gasteiger charge is 2.21. The molecule has 2 rings (SSSR count). The van der Waals surface area contributed by atoms with E-state index in [1.165, 1.54) is 19.3 Å². The monoisotopic (exact) mass is 358 g/mol. The number of rotatable bonds is 2. The van der Waals surface area contributed by atoms with Crippen LogP contribution in [0.1, 0.15) is 42.1 Å². The molecule has 0 bridgehead atoms. The van der Waals surface area contributed by atoms with Crippen molar-refractivity contribution in [3.63, 3.8) is 0 Å². The molecule has 0 fully saturated rings. The van der Waals surface area contributed by atoms with Gasteiger partial charge >= 0.3 is 5.97 Å². The summed E-state index contributed by atoms with van der Waals surface area (Å²) >= 11 is 0. The van der Waals surface area contributed by atoms with Gasteiger partial charge in [0.15, 0.2) is 5.78 Å². The average Bonchev–Trinajstić information content (AvgIpc) is 2.59. The van der Waals surface area contributed by atoms with E-state index in [9.17, 15) is 19.5 Å². The number of fused-ring (bicyclic) bond motifs is 1. The van der Waals surface area contributed by atoms with Gasteiger partial charge in [-0.05, 0) is 31.1 Å². The molecule has 0 amide bonds. The van der Waals surface area contributed by atoms with E-state index < -0.39 is 18.0 Å².